The van der Waals surface area contributed by atoms with Gasteiger partial charge in [0, 0.05) is 21.4 Å². The molecule has 0 saturated heterocycles. The summed E-state index contributed by atoms with van der Waals surface area (Å²) in [4.78, 5) is 8.45. The van der Waals surface area contributed by atoms with Gasteiger partial charge in [0.25, 0.3) is 16.0 Å². The van der Waals surface area contributed by atoms with Crippen LogP contribution in [0.25, 0.3) is 16.5 Å². The van der Waals surface area contributed by atoms with Crippen LogP contribution in [0.1, 0.15) is 5.56 Å². The molecule has 162 valence electrons. The summed E-state index contributed by atoms with van der Waals surface area (Å²) >= 11 is 12.7. The van der Waals surface area contributed by atoms with Crippen LogP contribution in [0.2, 0.25) is 9.36 Å². The van der Waals surface area contributed by atoms with Gasteiger partial charge in [-0.1, -0.05) is 23.2 Å². The zero-order valence-electron chi connectivity index (χ0n) is 16.1. The fourth-order valence-corrected chi connectivity index (χ4v) is 5.99. The van der Waals surface area contributed by atoms with Crippen LogP contribution < -0.4 is 10.7 Å². The largest absolute Gasteiger partial charge is 0.494 e. The maximum absolute atomic E-state index is 12.5. The number of thiophene rings is 1. The molecule has 2 aromatic heterocycles. The highest BCUT2D eigenvalue weighted by Crippen LogP contribution is 2.40. The average Bonchev–Trinajstić information content (AvgIpc) is 3.41. The van der Waals surface area contributed by atoms with Crippen molar-refractivity contribution in [2.24, 2.45) is 14.4 Å². The molecule has 0 unspecified atom stereocenters. The SMILES string of the molecule is Cc1c(-n2c(O)c3ccc(Cl)cc3c2O)ccc2c1=NC(=NS(=O)(=O)c1ccc(Cl)s1)N=2. The van der Waals surface area contributed by atoms with E-state index in [0.717, 1.165) is 11.3 Å². The zero-order chi connectivity index (χ0) is 22.8. The van der Waals surface area contributed by atoms with Gasteiger partial charge in [0.2, 0.25) is 11.8 Å². The number of guanidine groups is 1. The second kappa shape index (κ2) is 7.31. The molecule has 1 aliphatic heterocycles. The maximum Gasteiger partial charge on any atom is 0.295 e. The predicted octanol–water partition coefficient (Wildman–Crippen LogP) is 3.72. The Bertz CT molecular complexity index is 1710. The van der Waals surface area contributed by atoms with Crippen LogP contribution in [0.4, 0.5) is 0 Å². The van der Waals surface area contributed by atoms with E-state index in [1.165, 1.54) is 16.7 Å². The van der Waals surface area contributed by atoms with E-state index >= 15 is 0 Å². The molecule has 32 heavy (non-hydrogen) atoms. The first-order valence-corrected chi connectivity index (χ1v) is 12.1. The molecule has 3 heterocycles. The highest BCUT2D eigenvalue weighted by atomic mass is 35.5. The lowest BCUT2D eigenvalue weighted by Gasteiger charge is -2.09. The number of hydrogen-bond acceptors (Lipinski definition) is 5. The summed E-state index contributed by atoms with van der Waals surface area (Å²) in [5, 5.41) is 23.5. The van der Waals surface area contributed by atoms with Crippen molar-refractivity contribution in [3.63, 3.8) is 0 Å². The number of rotatable bonds is 3. The number of halogens is 2. The highest BCUT2D eigenvalue weighted by molar-refractivity contribution is 7.92. The minimum Gasteiger partial charge on any atom is -0.494 e. The van der Waals surface area contributed by atoms with Crippen molar-refractivity contribution >= 4 is 61.3 Å². The monoisotopic (exact) mass is 506 g/mol. The Morgan fingerprint density at radius 2 is 1.75 bits per heavy atom. The van der Waals surface area contributed by atoms with E-state index in [0.29, 0.717) is 42.1 Å². The summed E-state index contributed by atoms with van der Waals surface area (Å²) in [7, 11) is -4.01. The van der Waals surface area contributed by atoms with Crippen LogP contribution in [0.5, 0.6) is 11.8 Å². The molecular weight excluding hydrogens is 495 g/mol. The molecule has 0 aliphatic carbocycles. The Morgan fingerprint density at radius 1 is 1.00 bits per heavy atom. The van der Waals surface area contributed by atoms with Gasteiger partial charge in [-0.25, -0.2) is 9.98 Å². The van der Waals surface area contributed by atoms with Gasteiger partial charge in [0.15, 0.2) is 0 Å². The van der Waals surface area contributed by atoms with Gasteiger partial charge >= 0.3 is 0 Å². The second-order valence-corrected chi connectivity index (χ2v) is 10.9. The Kier molecular flexibility index (Phi) is 4.79. The standard InChI is InChI=1S/C20H12Cl2N4O4S2/c1-9-14(26-18(27)11-3-2-10(21)8-12(11)19(26)28)5-4-13-17(9)24-20(23-13)25-32(29,30)16-7-6-15(22)31-16/h2-8,27-28H,1H3. The van der Waals surface area contributed by atoms with Crippen molar-refractivity contribution in [2.75, 3.05) is 0 Å². The third-order valence-electron chi connectivity index (χ3n) is 4.95. The van der Waals surface area contributed by atoms with Crippen molar-refractivity contribution in [2.45, 2.75) is 11.1 Å². The maximum atomic E-state index is 12.5. The minimum atomic E-state index is -4.01. The number of aromatic hydroxyl groups is 2. The van der Waals surface area contributed by atoms with Crippen molar-refractivity contribution in [3.8, 4) is 17.4 Å². The Morgan fingerprint density at radius 3 is 2.47 bits per heavy atom. The summed E-state index contributed by atoms with van der Waals surface area (Å²) in [5.41, 5.74) is 1.00. The van der Waals surface area contributed by atoms with E-state index in [4.69, 9.17) is 23.2 Å². The molecular formula is C20H12Cl2N4O4S2. The molecule has 2 aromatic carbocycles. The van der Waals surface area contributed by atoms with Gasteiger partial charge in [-0.2, -0.15) is 8.42 Å². The Hall–Kier alpha value is -2.92. The molecule has 2 N–H and O–H groups in total. The van der Waals surface area contributed by atoms with E-state index in [1.807, 2.05) is 0 Å². The molecule has 12 heteroatoms. The third kappa shape index (κ3) is 3.27. The molecule has 0 atom stereocenters. The lowest BCUT2D eigenvalue weighted by atomic mass is 10.1. The number of sulfonamides is 1. The number of aromatic nitrogens is 1. The van der Waals surface area contributed by atoms with Crippen molar-refractivity contribution in [1.82, 2.24) is 4.57 Å². The summed E-state index contributed by atoms with van der Waals surface area (Å²) in [5.74, 6) is -0.579. The first kappa shape index (κ1) is 21.0. The number of nitrogens with zero attached hydrogens (tertiary/aromatic N) is 4. The minimum absolute atomic E-state index is 0.0127. The Balaban J connectivity index is 1.66. The fraction of sp³-hybridized carbons (Fsp3) is 0.0500. The van der Waals surface area contributed by atoms with Crippen LogP contribution >= 0.6 is 34.5 Å². The summed E-state index contributed by atoms with van der Waals surface area (Å²) in [6, 6.07) is 10.9. The lowest BCUT2D eigenvalue weighted by Crippen LogP contribution is -2.26. The lowest BCUT2D eigenvalue weighted by molar-refractivity contribution is 0.406. The van der Waals surface area contributed by atoms with E-state index in [2.05, 4.69) is 14.4 Å². The number of fused-ring (bicyclic) bond motifs is 2. The molecule has 0 bridgehead atoms. The van der Waals surface area contributed by atoms with E-state index in [9.17, 15) is 18.6 Å². The molecule has 4 aromatic rings. The smallest absolute Gasteiger partial charge is 0.295 e. The molecule has 5 rings (SSSR count). The molecule has 0 spiro atoms. The predicted molar refractivity (Wildman–Crippen MR) is 123 cm³/mol. The number of hydrogen-bond donors (Lipinski definition) is 2. The highest BCUT2D eigenvalue weighted by Gasteiger charge is 2.22. The van der Waals surface area contributed by atoms with Crippen LogP contribution in [0, 0.1) is 6.92 Å². The first-order valence-electron chi connectivity index (χ1n) is 9.05. The summed E-state index contributed by atoms with van der Waals surface area (Å²) < 4.78 is 30.3. The molecule has 0 radical (unpaired) electrons. The third-order valence-corrected chi connectivity index (χ3v) is 8.14. The van der Waals surface area contributed by atoms with Crippen LogP contribution in [-0.4, -0.2) is 29.2 Å². The molecule has 0 fully saturated rings. The van der Waals surface area contributed by atoms with Gasteiger partial charge in [0.1, 0.15) is 4.21 Å². The van der Waals surface area contributed by atoms with Crippen molar-refractivity contribution < 1.29 is 18.6 Å². The van der Waals surface area contributed by atoms with Crippen LogP contribution in [0.15, 0.2) is 61.1 Å². The quantitative estimate of drug-likeness (QED) is 0.440. The Labute approximate surface area is 195 Å². The van der Waals surface area contributed by atoms with E-state index in [1.54, 1.807) is 37.3 Å². The van der Waals surface area contributed by atoms with Gasteiger partial charge in [0.05, 0.1) is 20.7 Å². The molecule has 0 amide bonds. The summed E-state index contributed by atoms with van der Waals surface area (Å²) in [6.45, 7) is 1.72. The molecule has 1 aliphatic rings. The van der Waals surface area contributed by atoms with Gasteiger partial charge in [-0.3, -0.25) is 4.57 Å². The van der Waals surface area contributed by atoms with Crippen LogP contribution in [-0.2, 0) is 10.0 Å². The van der Waals surface area contributed by atoms with E-state index < -0.39 is 10.0 Å². The average molecular weight is 507 g/mol. The van der Waals surface area contributed by atoms with Crippen LogP contribution in [0.3, 0.4) is 0 Å². The topological polar surface area (TPSA) is 117 Å². The van der Waals surface area contributed by atoms with E-state index in [-0.39, 0.29) is 21.9 Å². The number of benzene rings is 2. The van der Waals surface area contributed by atoms with Gasteiger partial charge in [-0.15, -0.1) is 15.7 Å². The fourth-order valence-electron chi connectivity index (χ4n) is 3.48. The zero-order valence-corrected chi connectivity index (χ0v) is 19.3. The molecule has 0 saturated carbocycles. The second-order valence-electron chi connectivity index (χ2n) is 6.90. The molecule has 8 nitrogen and oxygen atoms in total. The van der Waals surface area contributed by atoms with Gasteiger partial charge < -0.3 is 10.2 Å². The first-order chi connectivity index (χ1) is 15.2. The van der Waals surface area contributed by atoms with Gasteiger partial charge in [-0.05, 0) is 49.4 Å². The summed E-state index contributed by atoms with van der Waals surface area (Å²) in [6.07, 6.45) is 0. The van der Waals surface area contributed by atoms with Crippen molar-refractivity contribution in [3.05, 3.63) is 68.1 Å². The van der Waals surface area contributed by atoms with Crippen molar-refractivity contribution in [1.29, 1.82) is 0 Å². The normalized spacial score (nSPS) is 14.5.